The number of nitrogens with one attached hydrogen (secondary N) is 5. The first-order valence-electron chi connectivity index (χ1n) is 24.0. The van der Waals surface area contributed by atoms with Gasteiger partial charge in [-0.2, -0.15) is 0 Å². The number of nitrogens with two attached hydrogens (primary N) is 1. The van der Waals surface area contributed by atoms with Crippen LogP contribution in [-0.4, -0.2) is 55.3 Å². The summed E-state index contributed by atoms with van der Waals surface area (Å²) in [7, 11) is 0. The van der Waals surface area contributed by atoms with Crippen molar-refractivity contribution in [3.05, 3.63) is 226 Å². The molecule has 2 heterocycles. The van der Waals surface area contributed by atoms with Crippen molar-refractivity contribution in [3.63, 3.8) is 0 Å². The fourth-order valence-electron chi connectivity index (χ4n) is 7.53. The molecule has 0 aliphatic carbocycles. The third-order valence-electron chi connectivity index (χ3n) is 11.2. The van der Waals surface area contributed by atoms with E-state index in [0.29, 0.717) is 80.9 Å². The summed E-state index contributed by atoms with van der Waals surface area (Å²) in [5.41, 5.74) is 15.9. The molecule has 0 saturated carbocycles. The first-order valence-corrected chi connectivity index (χ1v) is 24.0. The lowest BCUT2D eigenvalue weighted by atomic mass is 10.1. The Morgan fingerprint density at radius 1 is 0.453 bits per heavy atom. The molecular weight excluding hydrogens is 945 g/mol. The number of rotatable bonds is 13. The molecule has 2 aromatic heterocycles. The van der Waals surface area contributed by atoms with E-state index >= 15 is 0 Å². The summed E-state index contributed by atoms with van der Waals surface area (Å²) in [6.07, 6.45) is 6.68. The Morgan fingerprint density at radius 3 is 1.31 bits per heavy atom. The van der Waals surface area contributed by atoms with Crippen LogP contribution in [0, 0.1) is 27.7 Å². The highest BCUT2D eigenvalue weighted by Gasteiger charge is 2.18. The van der Waals surface area contributed by atoms with E-state index in [1.165, 1.54) is 0 Å². The van der Waals surface area contributed by atoms with Gasteiger partial charge >= 0.3 is 6.09 Å². The summed E-state index contributed by atoms with van der Waals surface area (Å²) in [5, 5.41) is 14.1. The van der Waals surface area contributed by atoms with Gasteiger partial charge in [-0.1, -0.05) is 71.8 Å². The predicted octanol–water partition coefficient (Wildman–Crippen LogP) is 11.3. The first-order chi connectivity index (χ1) is 35.8. The number of aromatic nitrogens is 4. The Bertz CT molecular complexity index is 3370. The number of benzene rings is 6. The Kier molecular flexibility index (Phi) is 17.2. The molecule has 8 aromatic rings. The predicted molar refractivity (Wildman–Crippen MR) is 293 cm³/mol. The molecule has 16 heteroatoms. The topological polar surface area (TPSA) is 232 Å². The highest BCUT2D eigenvalue weighted by Crippen LogP contribution is 2.22. The maximum absolute atomic E-state index is 13.1. The third-order valence-corrected chi connectivity index (χ3v) is 11.2. The van der Waals surface area contributed by atoms with Crippen LogP contribution in [0.3, 0.4) is 0 Å². The van der Waals surface area contributed by atoms with Crippen molar-refractivity contribution >= 4 is 63.8 Å². The van der Waals surface area contributed by atoms with Crippen LogP contribution in [0.15, 0.2) is 158 Å². The number of ether oxygens (including phenoxy) is 1. The maximum atomic E-state index is 13.1. The zero-order valence-electron chi connectivity index (χ0n) is 42.7. The van der Waals surface area contributed by atoms with E-state index in [1.807, 2.05) is 100 Å². The summed E-state index contributed by atoms with van der Waals surface area (Å²) in [6.45, 7) is 12.9. The standard InChI is InChI=1S/C32H33N5O4.C27H25N5O2/c1-20-8-6-10-23(14-20)29(38)35-25-13-12-21(2)27(17-25)30(39)36-26-18-33-28(34-19-26)16-22-9-7-11-24(15-22)37-31(40)41-32(3,4)5;1-17-5-3-7-20(11-17)26(33)31-22-10-9-18(2)24(14-22)27(34)32-23-15-29-25(30-16-23)13-19-6-4-8-21(28)12-19/h6-15,17-19H,16H2,1-5H3,(H,35,38)(H,36,39)(H,37,40);3-12,14-16H,13,28H2,1-2H3,(H,31,33)(H,32,34). The average molecular weight is 1000 g/mol. The number of anilines is 6. The molecule has 0 radical (unpaired) electrons. The molecule has 8 rings (SSSR count). The number of carbonyl (C=O) groups is 5. The van der Waals surface area contributed by atoms with Crippen LogP contribution in [0.2, 0.25) is 0 Å². The van der Waals surface area contributed by atoms with Gasteiger partial charge in [0, 0.05) is 57.8 Å². The minimum absolute atomic E-state index is 0.233. The lowest BCUT2D eigenvalue weighted by molar-refractivity contribution is 0.0635. The van der Waals surface area contributed by atoms with Crippen molar-refractivity contribution in [2.24, 2.45) is 0 Å². The summed E-state index contributed by atoms with van der Waals surface area (Å²) >= 11 is 0. The lowest BCUT2D eigenvalue weighted by Crippen LogP contribution is -2.27. The van der Waals surface area contributed by atoms with Crippen molar-refractivity contribution in [2.75, 3.05) is 32.3 Å². The minimum atomic E-state index is -0.592. The van der Waals surface area contributed by atoms with E-state index in [1.54, 1.807) is 106 Å². The van der Waals surface area contributed by atoms with Crippen molar-refractivity contribution in [3.8, 4) is 0 Å². The van der Waals surface area contributed by atoms with Gasteiger partial charge in [0.2, 0.25) is 0 Å². The summed E-state index contributed by atoms with van der Waals surface area (Å²) in [6, 6.07) is 39.9. The molecule has 0 atom stereocenters. The zero-order valence-corrected chi connectivity index (χ0v) is 42.7. The van der Waals surface area contributed by atoms with Gasteiger partial charge in [-0.05, 0) is 144 Å². The summed E-state index contributed by atoms with van der Waals surface area (Å²) in [5.74, 6) is 0.0417. The van der Waals surface area contributed by atoms with Gasteiger partial charge in [-0.15, -0.1) is 0 Å². The number of amides is 5. The smallest absolute Gasteiger partial charge is 0.412 e. The monoisotopic (exact) mass is 1000 g/mol. The molecule has 7 N–H and O–H groups in total. The van der Waals surface area contributed by atoms with Gasteiger partial charge in [-0.25, -0.2) is 24.7 Å². The van der Waals surface area contributed by atoms with Gasteiger partial charge in [0.1, 0.15) is 17.2 Å². The van der Waals surface area contributed by atoms with E-state index in [9.17, 15) is 24.0 Å². The Labute approximate surface area is 435 Å². The van der Waals surface area contributed by atoms with Gasteiger partial charge < -0.3 is 31.7 Å². The van der Waals surface area contributed by atoms with E-state index in [2.05, 4.69) is 46.5 Å². The van der Waals surface area contributed by atoms with Crippen LogP contribution in [0.25, 0.3) is 0 Å². The van der Waals surface area contributed by atoms with Gasteiger partial charge in [-0.3, -0.25) is 24.5 Å². The summed E-state index contributed by atoms with van der Waals surface area (Å²) < 4.78 is 5.30. The normalized spacial score (nSPS) is 10.8. The van der Waals surface area contributed by atoms with Crippen molar-refractivity contribution < 1.29 is 28.7 Å². The molecule has 75 heavy (non-hydrogen) atoms. The number of nitrogen functional groups attached to an aromatic ring is 1. The molecule has 0 fully saturated rings. The number of aryl methyl sites for hydroxylation is 4. The van der Waals surface area contributed by atoms with Crippen LogP contribution < -0.4 is 32.3 Å². The van der Waals surface area contributed by atoms with Crippen molar-refractivity contribution in [2.45, 2.75) is 66.9 Å². The van der Waals surface area contributed by atoms with Gasteiger partial charge in [0.25, 0.3) is 23.6 Å². The van der Waals surface area contributed by atoms with Crippen molar-refractivity contribution in [1.29, 1.82) is 0 Å². The van der Waals surface area contributed by atoms with E-state index in [0.717, 1.165) is 33.4 Å². The molecule has 0 saturated heterocycles. The van der Waals surface area contributed by atoms with E-state index in [4.69, 9.17) is 10.5 Å². The first kappa shape index (κ1) is 53.2. The zero-order chi connectivity index (χ0) is 53.6. The van der Waals surface area contributed by atoms with Crippen LogP contribution in [0.1, 0.15) is 107 Å². The van der Waals surface area contributed by atoms with Gasteiger partial charge in [0.05, 0.1) is 36.2 Å². The molecule has 380 valence electrons. The lowest BCUT2D eigenvalue weighted by Gasteiger charge is -2.19. The Hall–Kier alpha value is -9.57. The molecule has 0 aliphatic heterocycles. The number of hydrogen-bond donors (Lipinski definition) is 6. The second-order valence-electron chi connectivity index (χ2n) is 18.8. The Balaban J connectivity index is 0.000000222. The number of nitrogens with zero attached hydrogens (tertiary/aromatic N) is 4. The minimum Gasteiger partial charge on any atom is -0.444 e. The highest BCUT2D eigenvalue weighted by atomic mass is 16.6. The molecule has 5 amide bonds. The third kappa shape index (κ3) is 16.0. The maximum Gasteiger partial charge on any atom is 0.412 e. The number of carbonyl (C=O) groups excluding carboxylic acids is 5. The van der Waals surface area contributed by atoms with Crippen LogP contribution >= 0.6 is 0 Å². The number of hydrogen-bond acceptors (Lipinski definition) is 11. The molecular formula is C59H58N10O6. The second-order valence-corrected chi connectivity index (χ2v) is 18.8. The molecule has 0 spiro atoms. The molecule has 0 bridgehead atoms. The second kappa shape index (κ2) is 24.2. The summed E-state index contributed by atoms with van der Waals surface area (Å²) in [4.78, 5) is 80.7. The van der Waals surface area contributed by atoms with E-state index in [-0.39, 0.29) is 23.6 Å². The average Bonchev–Trinajstić information content (AvgIpc) is 3.36. The fourth-order valence-corrected chi connectivity index (χ4v) is 7.53. The largest absolute Gasteiger partial charge is 0.444 e. The van der Waals surface area contributed by atoms with E-state index < -0.39 is 11.7 Å². The van der Waals surface area contributed by atoms with Crippen molar-refractivity contribution in [1.82, 2.24) is 19.9 Å². The highest BCUT2D eigenvalue weighted by molar-refractivity contribution is 6.09. The van der Waals surface area contributed by atoms with Crippen LogP contribution in [0.5, 0.6) is 0 Å². The molecule has 0 unspecified atom stereocenters. The SMILES string of the molecule is Cc1cccc(C(=O)Nc2ccc(C)c(C(=O)Nc3cnc(Cc4cccc(N)c4)nc3)c2)c1.Cc1cccc(C(=O)Nc2ccc(C)c(C(=O)Nc3cnc(Cc4cccc(NC(=O)OC(C)(C)C)c4)nc3)c2)c1. The van der Waals surface area contributed by atoms with Crippen LogP contribution in [-0.2, 0) is 17.6 Å². The quantitative estimate of drug-likeness (QED) is 0.0595. The van der Waals surface area contributed by atoms with Gasteiger partial charge in [0.15, 0.2) is 0 Å². The van der Waals surface area contributed by atoms with Crippen LogP contribution in [0.4, 0.5) is 38.9 Å². The molecule has 16 nitrogen and oxygen atoms in total. The Morgan fingerprint density at radius 2 is 0.867 bits per heavy atom. The molecule has 6 aromatic carbocycles. The fraction of sp³-hybridized carbons (Fsp3) is 0.169. The molecule has 0 aliphatic rings.